The van der Waals surface area contributed by atoms with E-state index in [0.29, 0.717) is 0 Å². The number of rotatable bonds is 4. The molecule has 8 aromatic carbocycles. The molecular formula is C46H32O. The molecule has 222 valence electrons. The average molecular weight is 601 g/mol. The molecule has 1 nitrogen and oxygen atoms in total. The van der Waals surface area contributed by atoms with Crippen molar-refractivity contribution in [2.45, 2.75) is 13.8 Å². The van der Waals surface area contributed by atoms with E-state index in [1.165, 1.54) is 76.5 Å². The highest BCUT2D eigenvalue weighted by Gasteiger charge is 2.20. The van der Waals surface area contributed by atoms with Crippen LogP contribution in [-0.2, 0) is 0 Å². The van der Waals surface area contributed by atoms with Gasteiger partial charge in [-0.2, -0.15) is 0 Å². The second kappa shape index (κ2) is 10.9. The van der Waals surface area contributed by atoms with E-state index in [0.717, 1.165) is 21.9 Å². The van der Waals surface area contributed by atoms with Crippen LogP contribution in [0.5, 0.6) is 0 Å². The van der Waals surface area contributed by atoms with Gasteiger partial charge in [0.25, 0.3) is 0 Å². The number of hydrogen-bond acceptors (Lipinski definition) is 1. The molecule has 1 heteroatoms. The summed E-state index contributed by atoms with van der Waals surface area (Å²) >= 11 is 0. The van der Waals surface area contributed by atoms with Crippen LogP contribution < -0.4 is 0 Å². The maximum absolute atomic E-state index is 6.39. The molecule has 47 heavy (non-hydrogen) atoms. The smallest absolute Gasteiger partial charge is 0.136 e. The maximum Gasteiger partial charge on any atom is 0.136 e. The summed E-state index contributed by atoms with van der Waals surface area (Å²) in [6.45, 7) is 4.19. The summed E-state index contributed by atoms with van der Waals surface area (Å²) in [5.74, 6) is 0. The molecule has 0 spiro atoms. The Morgan fingerprint density at radius 3 is 1.70 bits per heavy atom. The Kier molecular flexibility index (Phi) is 6.33. The van der Waals surface area contributed by atoms with E-state index in [4.69, 9.17) is 4.42 Å². The van der Waals surface area contributed by atoms with Gasteiger partial charge in [-0.25, -0.2) is 0 Å². The lowest BCUT2D eigenvalue weighted by Gasteiger charge is -2.20. The lowest BCUT2D eigenvalue weighted by atomic mass is 9.83. The van der Waals surface area contributed by atoms with Gasteiger partial charge in [-0.05, 0) is 115 Å². The summed E-state index contributed by atoms with van der Waals surface area (Å²) in [6.07, 6.45) is 6.51. The predicted octanol–water partition coefficient (Wildman–Crippen LogP) is 13.5. The zero-order valence-corrected chi connectivity index (χ0v) is 26.4. The largest absolute Gasteiger partial charge is 0.456 e. The van der Waals surface area contributed by atoms with Gasteiger partial charge in [-0.3, -0.25) is 0 Å². The molecule has 9 aromatic rings. The Labute approximate surface area is 273 Å². The first-order chi connectivity index (χ1) is 23.2. The minimum absolute atomic E-state index is 0.911. The van der Waals surface area contributed by atoms with E-state index in [-0.39, 0.29) is 0 Å². The van der Waals surface area contributed by atoms with Crippen molar-refractivity contribution in [1.29, 1.82) is 0 Å². The molecule has 0 unspecified atom stereocenters. The third-order valence-corrected chi connectivity index (χ3v) is 9.72. The van der Waals surface area contributed by atoms with Gasteiger partial charge in [0, 0.05) is 10.8 Å². The highest BCUT2D eigenvalue weighted by molar-refractivity contribution is 6.24. The van der Waals surface area contributed by atoms with Crippen molar-refractivity contribution < 1.29 is 4.42 Å². The van der Waals surface area contributed by atoms with Gasteiger partial charge >= 0.3 is 0 Å². The normalized spacial score (nSPS) is 12.5. The Morgan fingerprint density at radius 1 is 0.468 bits per heavy atom. The van der Waals surface area contributed by atoms with Gasteiger partial charge < -0.3 is 4.42 Å². The molecule has 9 rings (SSSR count). The summed E-state index contributed by atoms with van der Waals surface area (Å²) in [6, 6.07) is 50.9. The quantitative estimate of drug-likeness (QED) is 0.145. The zero-order valence-electron chi connectivity index (χ0n) is 26.4. The summed E-state index contributed by atoms with van der Waals surface area (Å²) in [7, 11) is 0. The number of hydrogen-bond donors (Lipinski definition) is 0. The van der Waals surface area contributed by atoms with E-state index >= 15 is 0 Å². The molecule has 0 saturated carbocycles. The number of allylic oxidation sites excluding steroid dienone is 4. The first-order valence-corrected chi connectivity index (χ1v) is 16.3. The van der Waals surface area contributed by atoms with Crippen molar-refractivity contribution in [3.63, 3.8) is 0 Å². The minimum Gasteiger partial charge on any atom is -0.456 e. The first-order valence-electron chi connectivity index (χ1n) is 16.3. The van der Waals surface area contributed by atoms with Gasteiger partial charge in [0.15, 0.2) is 0 Å². The van der Waals surface area contributed by atoms with E-state index < -0.39 is 0 Å². The zero-order chi connectivity index (χ0) is 31.5. The van der Waals surface area contributed by atoms with Gasteiger partial charge in [-0.15, -0.1) is 0 Å². The number of fused-ring (bicyclic) bond motifs is 7. The van der Waals surface area contributed by atoms with Gasteiger partial charge in [0.2, 0.25) is 0 Å². The third kappa shape index (κ3) is 4.24. The van der Waals surface area contributed by atoms with Crippen molar-refractivity contribution in [3.8, 4) is 22.3 Å². The van der Waals surface area contributed by atoms with Crippen molar-refractivity contribution in [3.05, 3.63) is 163 Å². The van der Waals surface area contributed by atoms with Crippen LogP contribution in [0.25, 0.3) is 92.9 Å². The van der Waals surface area contributed by atoms with Crippen LogP contribution in [-0.4, -0.2) is 0 Å². The lowest BCUT2D eigenvalue weighted by Crippen LogP contribution is -1.93. The van der Waals surface area contributed by atoms with Crippen LogP contribution in [0, 0.1) is 0 Å². The molecule has 0 atom stereocenters. The fraction of sp³-hybridized carbons (Fsp3) is 0.0435. The fourth-order valence-electron chi connectivity index (χ4n) is 7.64. The number of furan rings is 1. The lowest BCUT2D eigenvalue weighted by molar-refractivity contribution is 0.669. The van der Waals surface area contributed by atoms with E-state index in [1.54, 1.807) is 0 Å². The second-order valence-corrected chi connectivity index (χ2v) is 12.3. The van der Waals surface area contributed by atoms with E-state index in [1.807, 2.05) is 0 Å². The molecule has 0 aliphatic rings. The molecule has 0 N–H and O–H groups in total. The molecule has 0 aliphatic heterocycles. The molecule has 0 saturated heterocycles. The Bertz CT molecular complexity index is 2700. The monoisotopic (exact) mass is 600 g/mol. The Balaban J connectivity index is 1.35. The van der Waals surface area contributed by atoms with Gasteiger partial charge in [0.1, 0.15) is 11.2 Å². The highest BCUT2D eigenvalue weighted by Crippen LogP contribution is 2.47. The van der Waals surface area contributed by atoms with E-state index in [2.05, 4.69) is 172 Å². The molecule has 0 amide bonds. The molecule has 0 bridgehead atoms. The van der Waals surface area contributed by atoms with E-state index in [9.17, 15) is 0 Å². The van der Waals surface area contributed by atoms with Crippen LogP contribution in [0.4, 0.5) is 0 Å². The summed E-state index contributed by atoms with van der Waals surface area (Å²) in [5, 5.41) is 12.2. The number of benzene rings is 8. The van der Waals surface area contributed by atoms with Crippen LogP contribution in [0.15, 0.2) is 162 Å². The molecular weight excluding hydrogens is 569 g/mol. The van der Waals surface area contributed by atoms with Crippen molar-refractivity contribution >= 4 is 70.6 Å². The van der Waals surface area contributed by atoms with Gasteiger partial charge in [-0.1, -0.05) is 133 Å². The molecule has 0 radical (unpaired) electrons. The molecule has 0 aliphatic carbocycles. The van der Waals surface area contributed by atoms with Crippen molar-refractivity contribution in [2.75, 3.05) is 0 Å². The molecule has 0 fully saturated rings. The Hall–Kier alpha value is -5.92. The fourth-order valence-corrected chi connectivity index (χ4v) is 7.64. The first kappa shape index (κ1) is 27.4. The molecule has 1 heterocycles. The SMILES string of the molecule is C/C=C\C(=C/C)c1ccc(-c2c3ccccc3c(-c3ccc4oc5cc6ccccc6cc5c4c3)c3ccccc23)c2ccccc12. The summed E-state index contributed by atoms with van der Waals surface area (Å²) < 4.78 is 6.39. The van der Waals surface area contributed by atoms with Crippen molar-refractivity contribution in [1.82, 2.24) is 0 Å². The maximum atomic E-state index is 6.39. The third-order valence-electron chi connectivity index (χ3n) is 9.72. The molecule has 1 aromatic heterocycles. The highest BCUT2D eigenvalue weighted by atomic mass is 16.3. The van der Waals surface area contributed by atoms with Crippen LogP contribution in [0.1, 0.15) is 19.4 Å². The topological polar surface area (TPSA) is 13.1 Å². The summed E-state index contributed by atoms with van der Waals surface area (Å²) in [5.41, 5.74) is 9.29. The average Bonchev–Trinajstić information content (AvgIpc) is 3.48. The summed E-state index contributed by atoms with van der Waals surface area (Å²) in [4.78, 5) is 0. The minimum atomic E-state index is 0.911. The van der Waals surface area contributed by atoms with Crippen LogP contribution in [0.3, 0.4) is 0 Å². The Morgan fingerprint density at radius 2 is 1.04 bits per heavy atom. The predicted molar refractivity (Wildman–Crippen MR) is 203 cm³/mol. The standard InChI is InChI=1S/C46H32O/c1-3-13-29(4-2)33-23-24-40(35-17-8-7-16-34(33)35)46-38-20-11-9-18-36(38)45(37-19-10-12-21-39(37)46)32-22-25-43-41(27-32)42-26-30-14-5-6-15-31(30)28-44(42)47-43/h3-28H,1-2H3/b13-3-,29-4+. The van der Waals surface area contributed by atoms with Gasteiger partial charge in [0.05, 0.1) is 0 Å². The van der Waals surface area contributed by atoms with Crippen molar-refractivity contribution in [2.24, 2.45) is 0 Å². The second-order valence-electron chi connectivity index (χ2n) is 12.3. The van der Waals surface area contributed by atoms with Crippen LogP contribution >= 0.6 is 0 Å². The van der Waals surface area contributed by atoms with Crippen LogP contribution in [0.2, 0.25) is 0 Å².